The normalized spacial score (nSPS) is 15.0. The minimum Gasteiger partial charge on any atom is -0.339 e. The van der Waals surface area contributed by atoms with Crippen LogP contribution >= 0.6 is 7.14 Å². The maximum absolute atomic E-state index is 12.7. The second-order valence-corrected chi connectivity index (χ2v) is 12.0. The van der Waals surface area contributed by atoms with E-state index in [0.29, 0.717) is 17.7 Å². The molecule has 0 saturated carbocycles. The van der Waals surface area contributed by atoms with Crippen LogP contribution in [0.2, 0.25) is 0 Å². The molecule has 33 heavy (non-hydrogen) atoms. The molecule has 4 aromatic rings. The molecule has 8 nitrogen and oxygen atoms in total. The lowest BCUT2D eigenvalue weighted by molar-refractivity contribution is 0.454. The van der Waals surface area contributed by atoms with Gasteiger partial charge in [-0.05, 0) is 75.7 Å². The summed E-state index contributed by atoms with van der Waals surface area (Å²) in [5, 5.41) is 19.7. The predicted molar refractivity (Wildman–Crippen MR) is 135 cm³/mol. The molecule has 0 radical (unpaired) electrons. The number of H-pyrrole nitrogens is 1. The van der Waals surface area contributed by atoms with Gasteiger partial charge >= 0.3 is 0 Å². The highest BCUT2D eigenvalue weighted by Gasteiger charge is 2.20. The zero-order valence-corrected chi connectivity index (χ0v) is 19.7. The Morgan fingerprint density at radius 3 is 2.67 bits per heavy atom. The van der Waals surface area contributed by atoms with Crippen LogP contribution in [0.3, 0.4) is 0 Å². The number of fused-ring (bicyclic) bond motifs is 1. The van der Waals surface area contributed by atoms with E-state index in [2.05, 4.69) is 42.2 Å². The van der Waals surface area contributed by atoms with Crippen LogP contribution in [0.4, 0.5) is 23.1 Å². The van der Waals surface area contributed by atoms with E-state index in [4.69, 9.17) is 0 Å². The number of nitrogens with one attached hydrogen (secondary N) is 4. The second-order valence-electron chi connectivity index (χ2n) is 8.78. The van der Waals surface area contributed by atoms with Crippen molar-refractivity contribution in [2.24, 2.45) is 0 Å². The lowest BCUT2D eigenvalue weighted by Crippen LogP contribution is -2.26. The number of piperidine rings is 1. The van der Waals surface area contributed by atoms with E-state index in [1.165, 1.54) is 5.69 Å². The summed E-state index contributed by atoms with van der Waals surface area (Å²) in [6.45, 7) is 5.60. The molecule has 0 aliphatic carbocycles. The molecule has 0 bridgehead atoms. The van der Waals surface area contributed by atoms with Gasteiger partial charge in [0.25, 0.3) is 0 Å². The first-order valence-electron chi connectivity index (χ1n) is 11.2. The first kappa shape index (κ1) is 21.6. The minimum atomic E-state index is -2.43. The number of anilines is 4. The van der Waals surface area contributed by atoms with Gasteiger partial charge in [-0.15, -0.1) is 0 Å². The van der Waals surface area contributed by atoms with Crippen molar-refractivity contribution in [1.82, 2.24) is 25.5 Å². The Hall–Kier alpha value is -3.22. The maximum atomic E-state index is 12.7. The maximum Gasteiger partial charge on any atom is 0.229 e. The summed E-state index contributed by atoms with van der Waals surface area (Å²) in [5.41, 5.74) is 3.86. The summed E-state index contributed by atoms with van der Waals surface area (Å²) in [4.78, 5) is 8.99. The number of aromatic amines is 1. The molecule has 9 heteroatoms. The quantitative estimate of drug-likeness (QED) is 0.312. The van der Waals surface area contributed by atoms with Gasteiger partial charge in [0.1, 0.15) is 13.0 Å². The van der Waals surface area contributed by atoms with Crippen molar-refractivity contribution in [3.05, 3.63) is 60.4 Å². The van der Waals surface area contributed by atoms with Crippen molar-refractivity contribution in [3.8, 4) is 0 Å². The Kier molecular flexibility index (Phi) is 5.87. The average molecular weight is 462 g/mol. The topological polar surface area (TPSA) is 108 Å². The molecule has 2 aromatic heterocycles. The first-order chi connectivity index (χ1) is 16.0. The number of rotatable bonds is 6. The molecule has 0 unspecified atom stereocenters. The van der Waals surface area contributed by atoms with Crippen molar-refractivity contribution in [2.45, 2.75) is 18.8 Å². The largest absolute Gasteiger partial charge is 0.339 e. The van der Waals surface area contributed by atoms with Crippen molar-refractivity contribution in [3.63, 3.8) is 0 Å². The summed E-state index contributed by atoms with van der Waals surface area (Å²) in [5.74, 6) is 1.61. The second kappa shape index (κ2) is 8.96. The highest BCUT2D eigenvalue weighted by molar-refractivity contribution is 7.70. The summed E-state index contributed by atoms with van der Waals surface area (Å²) >= 11 is 0. The van der Waals surface area contributed by atoms with Crippen LogP contribution in [0.5, 0.6) is 0 Å². The number of hydrogen-bond donors (Lipinski definition) is 4. The Balaban J connectivity index is 1.39. The standard InChI is InChI=1S/C24H28N7OP/c1-33(2,32)21-6-4-3-5-20(21)28-22-11-14-26-24(29-22)27-17-7-8-19-18(15-17)23(31-30-19)16-9-12-25-13-10-16/h3-8,11,14-16,25H,9-10,12-13H2,1-2H3,(H,30,31)(H2,26,27,28,29). The van der Waals surface area contributed by atoms with Crippen LogP contribution < -0.4 is 21.3 Å². The molecule has 170 valence electrons. The Labute approximate surface area is 193 Å². The molecule has 4 N–H and O–H groups in total. The third kappa shape index (κ3) is 4.77. The molecular weight excluding hydrogens is 433 g/mol. The first-order valence-corrected chi connectivity index (χ1v) is 13.8. The van der Waals surface area contributed by atoms with Crippen molar-refractivity contribution < 1.29 is 4.57 Å². The van der Waals surface area contributed by atoms with E-state index >= 15 is 0 Å². The molecule has 0 spiro atoms. The third-order valence-corrected chi connectivity index (χ3v) is 7.54. The van der Waals surface area contributed by atoms with E-state index in [9.17, 15) is 4.57 Å². The van der Waals surface area contributed by atoms with Gasteiger partial charge in [-0.3, -0.25) is 5.10 Å². The Morgan fingerprint density at radius 2 is 1.85 bits per heavy atom. The molecule has 0 atom stereocenters. The minimum absolute atomic E-state index is 0.486. The molecule has 1 aliphatic heterocycles. The fraction of sp³-hybridized carbons (Fsp3) is 0.292. The Morgan fingerprint density at radius 1 is 1.03 bits per heavy atom. The molecule has 2 aromatic carbocycles. The van der Waals surface area contributed by atoms with Crippen molar-refractivity contribution >= 4 is 46.5 Å². The van der Waals surface area contributed by atoms with E-state index in [-0.39, 0.29) is 0 Å². The van der Waals surface area contributed by atoms with Gasteiger partial charge in [0.15, 0.2) is 0 Å². The molecule has 1 saturated heterocycles. The molecule has 1 aliphatic rings. The van der Waals surface area contributed by atoms with Gasteiger partial charge in [0, 0.05) is 34.2 Å². The third-order valence-electron chi connectivity index (χ3n) is 5.99. The number of benzene rings is 2. The number of para-hydroxylation sites is 1. The van der Waals surface area contributed by atoms with Crippen LogP contribution in [0.25, 0.3) is 10.9 Å². The van der Waals surface area contributed by atoms with Crippen LogP contribution in [0.15, 0.2) is 54.7 Å². The fourth-order valence-corrected chi connectivity index (χ4v) is 5.49. The van der Waals surface area contributed by atoms with Gasteiger partial charge < -0.3 is 20.5 Å². The van der Waals surface area contributed by atoms with Crippen molar-refractivity contribution in [1.29, 1.82) is 0 Å². The molecule has 0 amide bonds. The summed E-state index contributed by atoms with van der Waals surface area (Å²) < 4.78 is 12.7. The highest BCUT2D eigenvalue weighted by Crippen LogP contribution is 2.38. The number of nitrogens with zero attached hydrogens (tertiary/aromatic N) is 3. The van der Waals surface area contributed by atoms with Crippen molar-refractivity contribution in [2.75, 3.05) is 37.1 Å². The fourth-order valence-electron chi connectivity index (χ4n) is 4.33. The Bertz CT molecular complexity index is 1320. The van der Waals surface area contributed by atoms with Gasteiger partial charge in [-0.25, -0.2) is 4.98 Å². The molecule has 5 rings (SSSR count). The van der Waals surface area contributed by atoms with Gasteiger partial charge in [-0.2, -0.15) is 10.1 Å². The van der Waals surface area contributed by atoms with E-state index in [0.717, 1.165) is 53.5 Å². The monoisotopic (exact) mass is 461 g/mol. The zero-order chi connectivity index (χ0) is 22.8. The van der Waals surface area contributed by atoms with E-state index in [1.54, 1.807) is 25.6 Å². The van der Waals surface area contributed by atoms with Gasteiger partial charge in [0.05, 0.1) is 11.2 Å². The summed E-state index contributed by atoms with van der Waals surface area (Å²) in [6.07, 6.45) is 3.92. The SMILES string of the molecule is CP(C)(=O)c1ccccc1Nc1ccnc(Nc2ccc3n[nH]c(C4CCNCC4)c3c2)n1. The van der Waals surface area contributed by atoms with Crippen LogP contribution in [-0.2, 0) is 4.57 Å². The zero-order valence-electron chi connectivity index (χ0n) is 18.8. The number of aromatic nitrogens is 4. The van der Waals surface area contributed by atoms with Crippen LogP contribution in [0.1, 0.15) is 24.5 Å². The average Bonchev–Trinajstić information content (AvgIpc) is 3.23. The number of hydrogen-bond acceptors (Lipinski definition) is 7. The molecule has 1 fully saturated rings. The summed E-state index contributed by atoms with van der Waals surface area (Å²) in [6, 6.07) is 15.5. The van der Waals surface area contributed by atoms with Gasteiger partial charge in [-0.1, -0.05) is 12.1 Å². The van der Waals surface area contributed by atoms with Gasteiger partial charge in [0.2, 0.25) is 5.95 Å². The van der Waals surface area contributed by atoms with Crippen LogP contribution in [-0.4, -0.2) is 46.6 Å². The van der Waals surface area contributed by atoms with Crippen LogP contribution in [0, 0.1) is 0 Å². The molecular formula is C24H28N7OP. The lowest BCUT2D eigenvalue weighted by Gasteiger charge is -2.21. The highest BCUT2D eigenvalue weighted by atomic mass is 31.2. The lowest BCUT2D eigenvalue weighted by atomic mass is 9.92. The summed E-state index contributed by atoms with van der Waals surface area (Å²) in [7, 11) is -2.43. The van der Waals surface area contributed by atoms with E-state index < -0.39 is 7.14 Å². The smallest absolute Gasteiger partial charge is 0.229 e. The molecule has 3 heterocycles. The van der Waals surface area contributed by atoms with E-state index in [1.807, 2.05) is 36.4 Å². The predicted octanol–water partition coefficient (Wildman–Crippen LogP) is 4.56.